The summed E-state index contributed by atoms with van der Waals surface area (Å²) in [6.07, 6.45) is 0. The van der Waals surface area contributed by atoms with Crippen LogP contribution in [0.5, 0.6) is 11.5 Å². The second-order valence-electron chi connectivity index (χ2n) is 5.27. The number of halogens is 2. The summed E-state index contributed by atoms with van der Waals surface area (Å²) in [5.74, 6) is 1.11. The zero-order valence-corrected chi connectivity index (χ0v) is 15.3. The zero-order chi connectivity index (χ0) is 18.5. The van der Waals surface area contributed by atoms with Gasteiger partial charge in [-0.05, 0) is 34.2 Å². The fourth-order valence-electron chi connectivity index (χ4n) is 2.25. The third-order valence-electron chi connectivity index (χ3n) is 3.55. The maximum Gasteiger partial charge on any atom is 0.260 e. The van der Waals surface area contributed by atoms with Gasteiger partial charge in [0, 0.05) is 10.6 Å². The minimum atomic E-state index is 0.155. The van der Waals surface area contributed by atoms with Crippen molar-refractivity contribution in [2.75, 3.05) is 18.3 Å². The molecule has 26 heavy (non-hydrogen) atoms. The molecule has 0 fully saturated rings. The lowest BCUT2D eigenvalue weighted by Gasteiger charge is -2.15. The number of hydrogen-bond donors (Lipinski definition) is 2. The van der Waals surface area contributed by atoms with Gasteiger partial charge in [0.1, 0.15) is 6.61 Å². The molecule has 136 valence electrons. The maximum atomic E-state index is 6.37. The predicted octanol–water partition coefficient (Wildman–Crippen LogP) is 2.89. The third-order valence-corrected chi connectivity index (χ3v) is 4.20. The first-order chi connectivity index (χ1) is 12.6. The summed E-state index contributed by atoms with van der Waals surface area (Å²) in [7, 11) is 1.55. The number of nitrogen functional groups attached to an aromatic ring is 1. The zero-order valence-electron chi connectivity index (χ0n) is 13.8. The lowest BCUT2D eigenvalue weighted by molar-refractivity contribution is 0.284. The van der Waals surface area contributed by atoms with Crippen LogP contribution < -0.4 is 20.6 Å². The molecule has 0 aliphatic heterocycles. The SMILES string of the molecule is COc1cc(CNn2nnnc2N)cc(Cl)c1OCc1ccccc1Cl. The molecule has 0 unspecified atom stereocenters. The monoisotopic (exact) mass is 394 g/mol. The number of nitrogens with zero attached hydrogens (tertiary/aromatic N) is 4. The number of benzene rings is 2. The predicted molar refractivity (Wildman–Crippen MR) is 99.1 cm³/mol. The van der Waals surface area contributed by atoms with Gasteiger partial charge in [-0.15, -0.1) is 4.79 Å². The van der Waals surface area contributed by atoms with E-state index in [4.69, 9.17) is 38.4 Å². The quantitative estimate of drug-likeness (QED) is 0.635. The second-order valence-corrected chi connectivity index (χ2v) is 6.09. The van der Waals surface area contributed by atoms with Crippen molar-refractivity contribution in [3.63, 3.8) is 0 Å². The number of rotatable bonds is 7. The Morgan fingerprint density at radius 2 is 2.00 bits per heavy atom. The first-order valence-corrected chi connectivity index (χ1v) is 8.34. The normalized spacial score (nSPS) is 10.6. The van der Waals surface area contributed by atoms with Crippen LogP contribution in [0.3, 0.4) is 0 Å². The van der Waals surface area contributed by atoms with Gasteiger partial charge in [0.15, 0.2) is 11.5 Å². The van der Waals surface area contributed by atoms with E-state index in [1.165, 1.54) is 4.79 Å². The van der Waals surface area contributed by atoms with E-state index in [1.807, 2.05) is 18.2 Å². The van der Waals surface area contributed by atoms with Crippen LogP contribution >= 0.6 is 23.2 Å². The topological polar surface area (TPSA) is 100 Å². The number of anilines is 1. The van der Waals surface area contributed by atoms with Crippen LogP contribution in [0.4, 0.5) is 5.95 Å². The number of ether oxygens (including phenoxy) is 2. The second kappa shape index (κ2) is 8.11. The van der Waals surface area contributed by atoms with Crippen molar-refractivity contribution in [3.05, 3.63) is 57.6 Å². The Bertz CT molecular complexity index is 902. The van der Waals surface area contributed by atoms with Gasteiger partial charge in [0.05, 0.1) is 18.7 Å². The minimum Gasteiger partial charge on any atom is -0.493 e. The van der Waals surface area contributed by atoms with Crippen LogP contribution in [0.15, 0.2) is 36.4 Å². The highest BCUT2D eigenvalue weighted by Gasteiger charge is 2.13. The molecule has 0 saturated carbocycles. The van der Waals surface area contributed by atoms with E-state index in [2.05, 4.69) is 21.0 Å². The molecule has 8 nitrogen and oxygen atoms in total. The van der Waals surface area contributed by atoms with Crippen LogP contribution in [-0.2, 0) is 13.2 Å². The van der Waals surface area contributed by atoms with Crippen LogP contribution in [-0.4, -0.2) is 27.4 Å². The van der Waals surface area contributed by atoms with Crippen molar-refractivity contribution in [2.45, 2.75) is 13.2 Å². The minimum absolute atomic E-state index is 0.155. The molecular formula is C16H16Cl2N6O2. The summed E-state index contributed by atoms with van der Waals surface area (Å²) in [5.41, 5.74) is 10.3. The number of nitrogens with one attached hydrogen (secondary N) is 1. The van der Waals surface area contributed by atoms with Crippen LogP contribution in [0.25, 0.3) is 0 Å². The standard InChI is InChI=1S/C16H16Cl2N6O2/c1-25-14-7-10(8-20-24-16(19)21-22-23-24)6-13(18)15(14)26-9-11-4-2-3-5-12(11)17/h2-7,20H,8-9H2,1H3,(H2,19,21,23). The van der Waals surface area contributed by atoms with Gasteiger partial charge in [-0.2, -0.15) is 0 Å². The Morgan fingerprint density at radius 3 is 2.69 bits per heavy atom. The highest BCUT2D eigenvalue weighted by molar-refractivity contribution is 6.32. The van der Waals surface area contributed by atoms with Gasteiger partial charge in [0.2, 0.25) is 0 Å². The van der Waals surface area contributed by atoms with Gasteiger partial charge >= 0.3 is 0 Å². The molecule has 1 aromatic heterocycles. The number of tetrazole rings is 1. The van der Waals surface area contributed by atoms with Gasteiger partial charge in [0.25, 0.3) is 5.95 Å². The molecule has 3 aromatic rings. The molecule has 0 aliphatic rings. The molecular weight excluding hydrogens is 379 g/mol. The first kappa shape index (κ1) is 18.1. The Morgan fingerprint density at radius 1 is 1.19 bits per heavy atom. The number of nitrogens with two attached hydrogens (primary N) is 1. The van der Waals surface area contributed by atoms with Crippen molar-refractivity contribution in [1.29, 1.82) is 0 Å². The van der Waals surface area contributed by atoms with Crippen molar-refractivity contribution >= 4 is 29.2 Å². The Labute approximate surface area is 159 Å². The molecule has 3 N–H and O–H groups in total. The van der Waals surface area contributed by atoms with Crippen LogP contribution in [0.2, 0.25) is 10.0 Å². The Kier molecular flexibility index (Phi) is 5.65. The van der Waals surface area contributed by atoms with E-state index >= 15 is 0 Å². The summed E-state index contributed by atoms with van der Waals surface area (Å²) >= 11 is 12.5. The lowest BCUT2D eigenvalue weighted by Crippen LogP contribution is -2.18. The number of aromatic nitrogens is 4. The third kappa shape index (κ3) is 4.09. The summed E-state index contributed by atoms with van der Waals surface area (Å²) in [5, 5.41) is 11.8. The average molecular weight is 395 g/mol. The fourth-order valence-corrected chi connectivity index (χ4v) is 2.73. The van der Waals surface area contributed by atoms with E-state index in [0.29, 0.717) is 28.1 Å². The highest BCUT2D eigenvalue weighted by Crippen LogP contribution is 2.37. The maximum absolute atomic E-state index is 6.37. The summed E-state index contributed by atoms with van der Waals surface area (Å²) in [4.78, 5) is 1.27. The van der Waals surface area contributed by atoms with E-state index in [1.54, 1.807) is 25.3 Å². The molecule has 0 atom stereocenters. The number of methoxy groups -OCH3 is 1. The molecule has 1 heterocycles. The van der Waals surface area contributed by atoms with E-state index < -0.39 is 0 Å². The highest BCUT2D eigenvalue weighted by atomic mass is 35.5. The molecule has 0 bridgehead atoms. The molecule has 0 radical (unpaired) electrons. The van der Waals surface area contributed by atoms with E-state index in [0.717, 1.165) is 11.1 Å². The van der Waals surface area contributed by atoms with Crippen molar-refractivity contribution < 1.29 is 9.47 Å². The summed E-state index contributed by atoms with van der Waals surface area (Å²) in [6.45, 7) is 0.657. The van der Waals surface area contributed by atoms with Crippen molar-refractivity contribution in [1.82, 2.24) is 20.3 Å². The molecule has 10 heteroatoms. The van der Waals surface area contributed by atoms with E-state index in [-0.39, 0.29) is 12.6 Å². The first-order valence-electron chi connectivity index (χ1n) is 7.59. The number of hydrogen-bond acceptors (Lipinski definition) is 7. The average Bonchev–Trinajstić information content (AvgIpc) is 3.04. The molecule has 0 aliphatic carbocycles. The van der Waals surface area contributed by atoms with Crippen LogP contribution in [0, 0.1) is 0 Å². The van der Waals surface area contributed by atoms with Gasteiger partial charge < -0.3 is 20.6 Å². The summed E-state index contributed by atoms with van der Waals surface area (Å²) < 4.78 is 11.2. The van der Waals surface area contributed by atoms with Gasteiger partial charge in [-0.25, -0.2) is 0 Å². The molecule has 0 saturated heterocycles. The van der Waals surface area contributed by atoms with Crippen molar-refractivity contribution in [2.24, 2.45) is 0 Å². The fraction of sp³-hybridized carbons (Fsp3) is 0.188. The molecule has 0 spiro atoms. The Balaban J connectivity index is 1.74. The molecule has 2 aromatic carbocycles. The molecule has 0 amide bonds. The van der Waals surface area contributed by atoms with E-state index in [9.17, 15) is 0 Å². The largest absolute Gasteiger partial charge is 0.493 e. The van der Waals surface area contributed by atoms with Crippen molar-refractivity contribution in [3.8, 4) is 11.5 Å². The van der Waals surface area contributed by atoms with Gasteiger partial charge in [-0.3, -0.25) is 0 Å². The van der Waals surface area contributed by atoms with Crippen LogP contribution in [0.1, 0.15) is 11.1 Å². The smallest absolute Gasteiger partial charge is 0.260 e. The lowest BCUT2D eigenvalue weighted by atomic mass is 10.2. The summed E-state index contributed by atoms with van der Waals surface area (Å²) in [6, 6.07) is 11.0. The molecule has 3 rings (SSSR count). The van der Waals surface area contributed by atoms with Gasteiger partial charge in [-0.1, -0.05) is 46.5 Å². The Hall–Kier alpha value is -2.71.